The highest BCUT2D eigenvalue weighted by atomic mass is 16.6. The molecule has 1 amide bonds. The number of carbonyl (C=O) groups excluding carboxylic acids is 2. The van der Waals surface area contributed by atoms with Crippen molar-refractivity contribution < 1.29 is 23.8 Å². The number of benzene rings is 3. The molecule has 3 aromatic rings. The minimum absolute atomic E-state index is 0.0429. The van der Waals surface area contributed by atoms with E-state index in [1.807, 2.05) is 36.1 Å². The van der Waals surface area contributed by atoms with Gasteiger partial charge in [-0.1, -0.05) is 60.7 Å². The second kappa shape index (κ2) is 11.7. The molecule has 0 N–H and O–H groups in total. The maximum Gasteiger partial charge on any atom is 0.410 e. The average Bonchev–Trinajstić information content (AvgIpc) is 3.30. The Hall–Kier alpha value is -3.80. The molecule has 208 valence electrons. The number of piperidine rings is 2. The molecule has 3 aromatic carbocycles. The number of nitrogens with zero attached hydrogens (tertiary/aromatic N) is 1. The smallest absolute Gasteiger partial charge is 0.410 e. The normalized spacial score (nSPS) is 21.3. The zero-order valence-corrected chi connectivity index (χ0v) is 23.1. The van der Waals surface area contributed by atoms with Gasteiger partial charge in [-0.05, 0) is 73.4 Å². The van der Waals surface area contributed by atoms with Crippen LogP contribution in [0.5, 0.6) is 11.5 Å². The van der Waals surface area contributed by atoms with Gasteiger partial charge >= 0.3 is 6.09 Å². The third kappa shape index (κ3) is 5.19. The summed E-state index contributed by atoms with van der Waals surface area (Å²) in [6, 6.07) is 24.4. The number of ether oxygens (including phenoxy) is 3. The molecule has 3 aliphatic rings. The molecule has 6 nitrogen and oxygen atoms in total. The van der Waals surface area contributed by atoms with Crippen molar-refractivity contribution in [2.75, 3.05) is 19.8 Å². The van der Waals surface area contributed by atoms with Crippen LogP contribution in [0.2, 0.25) is 0 Å². The summed E-state index contributed by atoms with van der Waals surface area (Å²) in [5.74, 6) is 1.59. The fraction of sp³-hybridized carbons (Fsp3) is 0.412. The number of hydrogen-bond donors (Lipinski definition) is 0. The van der Waals surface area contributed by atoms with Crippen LogP contribution in [0.3, 0.4) is 0 Å². The maximum absolute atomic E-state index is 13.5. The lowest BCUT2D eigenvalue weighted by Gasteiger charge is -2.47. The topological polar surface area (TPSA) is 65.1 Å². The summed E-state index contributed by atoms with van der Waals surface area (Å²) in [6.07, 6.45) is 4.45. The first kappa shape index (κ1) is 26.4. The molecular formula is C34H37NO5. The molecule has 0 saturated carbocycles. The maximum atomic E-state index is 13.5. The van der Waals surface area contributed by atoms with Crippen molar-refractivity contribution in [3.8, 4) is 22.6 Å². The Morgan fingerprint density at radius 1 is 0.800 bits per heavy atom. The van der Waals surface area contributed by atoms with Crippen molar-refractivity contribution in [1.29, 1.82) is 0 Å². The van der Waals surface area contributed by atoms with Crippen LogP contribution in [0.25, 0.3) is 11.1 Å². The minimum atomic E-state index is -0.238. The molecule has 2 heterocycles. The molecule has 0 radical (unpaired) electrons. The predicted molar refractivity (Wildman–Crippen MR) is 154 cm³/mol. The van der Waals surface area contributed by atoms with Crippen molar-refractivity contribution in [3.05, 3.63) is 83.9 Å². The molecule has 2 saturated heterocycles. The zero-order valence-electron chi connectivity index (χ0n) is 23.1. The van der Waals surface area contributed by atoms with Gasteiger partial charge in [-0.15, -0.1) is 0 Å². The monoisotopic (exact) mass is 539 g/mol. The molecule has 6 rings (SSSR count). The summed E-state index contributed by atoms with van der Waals surface area (Å²) in [4.78, 5) is 28.6. The summed E-state index contributed by atoms with van der Waals surface area (Å²) in [7, 11) is 0. The summed E-state index contributed by atoms with van der Waals surface area (Å²) in [6.45, 7) is 3.15. The predicted octanol–water partition coefficient (Wildman–Crippen LogP) is 7.01. The van der Waals surface area contributed by atoms with E-state index < -0.39 is 0 Å². The van der Waals surface area contributed by atoms with E-state index in [1.165, 1.54) is 22.3 Å². The number of rotatable bonds is 9. The lowest BCUT2D eigenvalue weighted by Crippen LogP contribution is -2.56. The number of hydrogen-bond acceptors (Lipinski definition) is 5. The quantitative estimate of drug-likeness (QED) is 0.293. The van der Waals surface area contributed by atoms with Crippen molar-refractivity contribution in [3.63, 3.8) is 0 Å². The highest BCUT2D eigenvalue weighted by Gasteiger charge is 2.43. The SMILES string of the molecule is CCOc1ccccc1OCCC(=O)C1CC2CCCC(C1)N2C(=O)OCC1c2ccccc2-c2ccccc21. The van der Waals surface area contributed by atoms with Gasteiger partial charge in [0, 0.05) is 30.3 Å². The van der Waals surface area contributed by atoms with Crippen molar-refractivity contribution in [1.82, 2.24) is 4.90 Å². The highest BCUT2D eigenvalue weighted by Crippen LogP contribution is 2.45. The van der Waals surface area contributed by atoms with Crippen LogP contribution < -0.4 is 9.47 Å². The third-order valence-corrected chi connectivity index (χ3v) is 8.73. The first-order chi connectivity index (χ1) is 19.6. The average molecular weight is 540 g/mol. The number of fused-ring (bicyclic) bond motifs is 5. The number of ketones is 1. The van der Waals surface area contributed by atoms with Gasteiger partial charge in [0.15, 0.2) is 11.5 Å². The van der Waals surface area contributed by atoms with Gasteiger partial charge in [0.05, 0.1) is 13.2 Å². The van der Waals surface area contributed by atoms with Gasteiger partial charge < -0.3 is 19.1 Å². The van der Waals surface area contributed by atoms with E-state index in [9.17, 15) is 9.59 Å². The number of Topliss-reactive ketones (excluding diaryl/α,β-unsaturated/α-hetero) is 1. The minimum Gasteiger partial charge on any atom is -0.490 e. The summed E-state index contributed by atoms with van der Waals surface area (Å²) in [5.41, 5.74) is 4.88. The van der Waals surface area contributed by atoms with Gasteiger partial charge in [0.25, 0.3) is 0 Å². The number of carbonyl (C=O) groups is 2. The van der Waals surface area contributed by atoms with E-state index in [0.29, 0.717) is 50.6 Å². The number of amides is 1. The van der Waals surface area contributed by atoms with Gasteiger partial charge in [0.2, 0.25) is 0 Å². The van der Waals surface area contributed by atoms with Gasteiger partial charge in [-0.3, -0.25) is 4.79 Å². The Bertz CT molecular complexity index is 1310. The molecule has 0 aromatic heterocycles. The first-order valence-corrected chi connectivity index (χ1v) is 14.6. The molecule has 40 heavy (non-hydrogen) atoms. The summed E-state index contributed by atoms with van der Waals surface area (Å²) in [5, 5.41) is 0. The molecule has 0 spiro atoms. The van der Waals surface area contributed by atoms with Gasteiger partial charge in [0.1, 0.15) is 12.4 Å². The molecule has 2 unspecified atom stereocenters. The van der Waals surface area contributed by atoms with E-state index >= 15 is 0 Å². The van der Waals surface area contributed by atoms with Crippen LogP contribution >= 0.6 is 0 Å². The van der Waals surface area contributed by atoms with Crippen molar-refractivity contribution >= 4 is 11.9 Å². The Morgan fingerprint density at radius 2 is 1.38 bits per heavy atom. The lowest BCUT2D eigenvalue weighted by molar-refractivity contribution is -0.127. The summed E-state index contributed by atoms with van der Waals surface area (Å²) >= 11 is 0. The van der Waals surface area contributed by atoms with Crippen LogP contribution in [0.4, 0.5) is 4.79 Å². The van der Waals surface area contributed by atoms with E-state index in [0.717, 1.165) is 19.3 Å². The Labute approximate surface area is 236 Å². The lowest BCUT2D eigenvalue weighted by atomic mass is 9.76. The summed E-state index contributed by atoms with van der Waals surface area (Å²) < 4.78 is 17.6. The highest BCUT2D eigenvalue weighted by molar-refractivity contribution is 5.82. The van der Waals surface area contributed by atoms with Crippen LogP contribution in [-0.4, -0.2) is 48.7 Å². The molecule has 6 heteroatoms. The Kier molecular flexibility index (Phi) is 7.76. The second-order valence-electron chi connectivity index (χ2n) is 11.1. The van der Waals surface area contributed by atoms with Crippen LogP contribution in [-0.2, 0) is 9.53 Å². The first-order valence-electron chi connectivity index (χ1n) is 14.6. The zero-order chi connectivity index (χ0) is 27.5. The third-order valence-electron chi connectivity index (χ3n) is 8.73. The molecule has 2 fully saturated rings. The van der Waals surface area contributed by atoms with Crippen molar-refractivity contribution in [2.45, 2.75) is 63.5 Å². The Morgan fingerprint density at radius 3 is 2.00 bits per heavy atom. The van der Waals surface area contributed by atoms with Crippen LogP contribution in [0.1, 0.15) is 62.5 Å². The largest absolute Gasteiger partial charge is 0.490 e. The molecule has 2 atom stereocenters. The molecule has 2 bridgehead atoms. The standard InChI is InChI=1S/C34H37NO5/c1-2-38-32-16-7-8-17-33(32)39-19-18-31(36)23-20-24-10-9-11-25(21-23)35(24)34(37)40-22-30-28-14-5-3-12-26(28)27-13-4-6-15-29(27)30/h3-8,12-17,23-25,30H,2,9-11,18-22H2,1H3. The fourth-order valence-corrected chi connectivity index (χ4v) is 6.92. The van der Waals surface area contributed by atoms with Crippen LogP contribution in [0, 0.1) is 5.92 Å². The van der Waals surface area contributed by atoms with E-state index in [-0.39, 0.29) is 35.8 Å². The van der Waals surface area contributed by atoms with E-state index in [2.05, 4.69) is 48.5 Å². The van der Waals surface area contributed by atoms with E-state index in [1.54, 1.807) is 0 Å². The second-order valence-corrected chi connectivity index (χ2v) is 11.1. The number of para-hydroxylation sites is 2. The van der Waals surface area contributed by atoms with Gasteiger partial charge in [-0.2, -0.15) is 0 Å². The van der Waals surface area contributed by atoms with E-state index in [4.69, 9.17) is 14.2 Å². The fourth-order valence-electron chi connectivity index (χ4n) is 6.92. The van der Waals surface area contributed by atoms with Crippen LogP contribution in [0.15, 0.2) is 72.8 Å². The molecule has 1 aliphatic carbocycles. The molecular weight excluding hydrogens is 502 g/mol. The van der Waals surface area contributed by atoms with Crippen molar-refractivity contribution in [2.24, 2.45) is 5.92 Å². The molecule has 2 aliphatic heterocycles. The van der Waals surface area contributed by atoms with Gasteiger partial charge in [-0.25, -0.2) is 4.79 Å². The Balaban J connectivity index is 1.06.